The number of nitro groups is 1. The fourth-order valence-electron chi connectivity index (χ4n) is 2.24. The van der Waals surface area contributed by atoms with E-state index in [-0.39, 0.29) is 33.5 Å². The summed E-state index contributed by atoms with van der Waals surface area (Å²) >= 11 is 5.70. The quantitative estimate of drug-likeness (QED) is 0.471. The summed E-state index contributed by atoms with van der Waals surface area (Å²) in [7, 11) is 0. The molecule has 3 aromatic rings. The van der Waals surface area contributed by atoms with Gasteiger partial charge in [0.15, 0.2) is 5.69 Å². The van der Waals surface area contributed by atoms with Gasteiger partial charge in [0, 0.05) is 17.3 Å². The fraction of sp³-hybridized carbons (Fsp3) is 0.0588. The zero-order chi connectivity index (χ0) is 20.5. The number of hydrogen-bond donors (Lipinski definition) is 1. The molecule has 0 aliphatic heterocycles. The van der Waals surface area contributed by atoms with Gasteiger partial charge in [-0.2, -0.15) is 13.2 Å². The standard InChI is InChI=1S/C17H9ClF3N3O4/c18-12-6-5-11(7-14(12)24(26)27)22-15(25)13-8-28-16(23-13)9-1-3-10(4-2-9)17(19,20)21/h1-8H,(H,22,25). The first-order valence-corrected chi connectivity index (χ1v) is 7.91. The third-order valence-corrected chi connectivity index (χ3v) is 3.92. The molecule has 0 saturated carbocycles. The van der Waals surface area contributed by atoms with Gasteiger partial charge in [-0.3, -0.25) is 14.9 Å². The van der Waals surface area contributed by atoms with Crippen molar-refractivity contribution in [3.63, 3.8) is 0 Å². The summed E-state index contributed by atoms with van der Waals surface area (Å²) in [6.45, 7) is 0. The largest absolute Gasteiger partial charge is 0.444 e. The second kappa shape index (κ2) is 7.31. The van der Waals surface area contributed by atoms with Gasteiger partial charge in [0.05, 0.1) is 10.5 Å². The number of aromatic nitrogens is 1. The first-order valence-electron chi connectivity index (χ1n) is 7.53. The normalized spacial score (nSPS) is 11.3. The molecule has 0 atom stereocenters. The van der Waals surface area contributed by atoms with Crippen molar-refractivity contribution < 1.29 is 27.3 Å². The number of hydrogen-bond acceptors (Lipinski definition) is 5. The molecule has 0 aliphatic rings. The van der Waals surface area contributed by atoms with E-state index in [9.17, 15) is 28.1 Å². The minimum absolute atomic E-state index is 0.0547. The molecule has 0 radical (unpaired) electrons. The molecule has 0 saturated heterocycles. The van der Waals surface area contributed by atoms with Crippen molar-refractivity contribution in [3.05, 3.63) is 75.1 Å². The van der Waals surface area contributed by atoms with Gasteiger partial charge in [0.1, 0.15) is 11.3 Å². The van der Waals surface area contributed by atoms with Gasteiger partial charge in [0.2, 0.25) is 5.89 Å². The van der Waals surface area contributed by atoms with Crippen molar-refractivity contribution in [3.8, 4) is 11.5 Å². The summed E-state index contributed by atoms with van der Waals surface area (Å²) < 4.78 is 42.9. The van der Waals surface area contributed by atoms with Crippen LogP contribution in [-0.2, 0) is 6.18 Å². The number of amides is 1. The molecule has 1 amide bonds. The zero-order valence-electron chi connectivity index (χ0n) is 13.7. The number of carbonyl (C=O) groups is 1. The molecule has 1 aromatic heterocycles. The molecule has 0 spiro atoms. The Hall–Kier alpha value is -3.40. The third-order valence-electron chi connectivity index (χ3n) is 3.60. The van der Waals surface area contributed by atoms with Gasteiger partial charge in [-0.15, -0.1) is 0 Å². The van der Waals surface area contributed by atoms with E-state index in [4.69, 9.17) is 16.0 Å². The number of alkyl halides is 3. The molecular formula is C17H9ClF3N3O4. The molecule has 1 heterocycles. The van der Waals surface area contributed by atoms with E-state index >= 15 is 0 Å². The highest BCUT2D eigenvalue weighted by Gasteiger charge is 2.30. The highest BCUT2D eigenvalue weighted by molar-refractivity contribution is 6.32. The lowest BCUT2D eigenvalue weighted by atomic mass is 10.1. The summed E-state index contributed by atoms with van der Waals surface area (Å²) in [5.41, 5.74) is -1.02. The van der Waals surface area contributed by atoms with Gasteiger partial charge in [-0.05, 0) is 36.4 Å². The first kappa shape index (κ1) is 19.4. The van der Waals surface area contributed by atoms with Gasteiger partial charge >= 0.3 is 6.18 Å². The van der Waals surface area contributed by atoms with E-state index in [0.29, 0.717) is 0 Å². The van der Waals surface area contributed by atoms with E-state index in [1.807, 2.05) is 0 Å². The van der Waals surface area contributed by atoms with E-state index in [1.54, 1.807) is 0 Å². The molecule has 0 bridgehead atoms. The number of halogens is 4. The zero-order valence-corrected chi connectivity index (χ0v) is 14.4. The second-order valence-electron chi connectivity index (χ2n) is 5.49. The summed E-state index contributed by atoms with van der Waals surface area (Å²) in [6, 6.07) is 7.77. The molecular weight excluding hydrogens is 403 g/mol. The predicted molar refractivity (Wildman–Crippen MR) is 93.0 cm³/mol. The third kappa shape index (κ3) is 4.12. The Kier molecular flexibility index (Phi) is 5.06. The Labute approximate surface area is 159 Å². The van der Waals surface area contributed by atoms with E-state index in [2.05, 4.69) is 10.3 Å². The van der Waals surface area contributed by atoms with Gasteiger partial charge in [0.25, 0.3) is 11.6 Å². The van der Waals surface area contributed by atoms with Crippen molar-refractivity contribution in [2.45, 2.75) is 6.18 Å². The van der Waals surface area contributed by atoms with E-state index in [0.717, 1.165) is 24.5 Å². The van der Waals surface area contributed by atoms with Crippen LogP contribution in [0.5, 0.6) is 0 Å². The second-order valence-corrected chi connectivity index (χ2v) is 5.90. The van der Waals surface area contributed by atoms with Crippen LogP contribution in [0.4, 0.5) is 24.5 Å². The Morgan fingerprint density at radius 3 is 2.46 bits per heavy atom. The van der Waals surface area contributed by atoms with E-state index < -0.39 is 22.6 Å². The molecule has 0 unspecified atom stereocenters. The average molecular weight is 412 g/mol. The van der Waals surface area contributed by atoms with Crippen LogP contribution in [0.2, 0.25) is 5.02 Å². The molecule has 144 valence electrons. The first-order chi connectivity index (χ1) is 13.1. The summed E-state index contributed by atoms with van der Waals surface area (Å²) in [5.74, 6) is -0.778. The average Bonchev–Trinajstić information content (AvgIpc) is 3.13. The maximum Gasteiger partial charge on any atom is 0.416 e. The molecule has 1 N–H and O–H groups in total. The van der Waals surface area contributed by atoms with Crippen molar-refractivity contribution in [1.82, 2.24) is 4.98 Å². The van der Waals surface area contributed by atoms with Crippen LogP contribution in [0.3, 0.4) is 0 Å². The lowest BCUT2D eigenvalue weighted by Crippen LogP contribution is -2.12. The molecule has 7 nitrogen and oxygen atoms in total. The maximum atomic E-state index is 12.6. The van der Waals surface area contributed by atoms with Crippen molar-refractivity contribution >= 4 is 28.9 Å². The number of oxazole rings is 1. The maximum absolute atomic E-state index is 12.6. The number of carbonyl (C=O) groups excluding carboxylic acids is 1. The highest BCUT2D eigenvalue weighted by atomic mass is 35.5. The Balaban J connectivity index is 1.77. The van der Waals surface area contributed by atoms with Crippen LogP contribution in [0.15, 0.2) is 53.1 Å². The Bertz CT molecular complexity index is 1050. The number of nitrogens with zero attached hydrogens (tertiary/aromatic N) is 2. The SMILES string of the molecule is O=C(Nc1ccc(Cl)c([N+](=O)[O-])c1)c1coc(-c2ccc(C(F)(F)F)cc2)n1. The summed E-state index contributed by atoms with van der Waals surface area (Å²) in [4.78, 5) is 26.3. The van der Waals surface area contributed by atoms with Gasteiger partial charge < -0.3 is 9.73 Å². The lowest BCUT2D eigenvalue weighted by Gasteiger charge is -2.06. The van der Waals surface area contributed by atoms with Crippen LogP contribution in [0.25, 0.3) is 11.5 Å². The molecule has 2 aromatic carbocycles. The van der Waals surface area contributed by atoms with Crippen LogP contribution < -0.4 is 5.32 Å². The predicted octanol–water partition coefficient (Wildman–Crippen LogP) is 5.17. The topological polar surface area (TPSA) is 98.3 Å². The smallest absolute Gasteiger partial charge is 0.416 e. The lowest BCUT2D eigenvalue weighted by molar-refractivity contribution is -0.384. The van der Waals surface area contributed by atoms with Crippen LogP contribution in [0, 0.1) is 10.1 Å². The van der Waals surface area contributed by atoms with E-state index in [1.165, 1.54) is 24.3 Å². The van der Waals surface area contributed by atoms with Crippen molar-refractivity contribution in [2.24, 2.45) is 0 Å². The molecule has 11 heteroatoms. The molecule has 0 aliphatic carbocycles. The van der Waals surface area contributed by atoms with Gasteiger partial charge in [-0.1, -0.05) is 11.6 Å². The van der Waals surface area contributed by atoms with Gasteiger partial charge in [-0.25, -0.2) is 4.98 Å². The summed E-state index contributed by atoms with van der Waals surface area (Å²) in [6.07, 6.45) is -3.45. The number of rotatable bonds is 4. The van der Waals surface area contributed by atoms with Crippen LogP contribution >= 0.6 is 11.6 Å². The minimum Gasteiger partial charge on any atom is -0.444 e. The molecule has 0 fully saturated rings. The van der Waals surface area contributed by atoms with Crippen LogP contribution in [-0.4, -0.2) is 15.8 Å². The van der Waals surface area contributed by atoms with Crippen molar-refractivity contribution in [2.75, 3.05) is 5.32 Å². The number of anilines is 1. The fourth-order valence-corrected chi connectivity index (χ4v) is 2.42. The monoisotopic (exact) mass is 411 g/mol. The van der Waals surface area contributed by atoms with Crippen molar-refractivity contribution in [1.29, 1.82) is 0 Å². The molecule has 3 rings (SSSR count). The van der Waals surface area contributed by atoms with Crippen LogP contribution in [0.1, 0.15) is 16.1 Å². The number of benzene rings is 2. The Morgan fingerprint density at radius 2 is 1.86 bits per heavy atom. The number of nitro benzene ring substituents is 1. The Morgan fingerprint density at radius 1 is 1.18 bits per heavy atom. The molecule has 28 heavy (non-hydrogen) atoms. The highest BCUT2D eigenvalue weighted by Crippen LogP contribution is 2.31. The summed E-state index contributed by atoms with van der Waals surface area (Å²) in [5, 5.41) is 13.2. The minimum atomic E-state index is -4.47. The number of nitrogens with one attached hydrogen (secondary N) is 1.